The van der Waals surface area contributed by atoms with Crippen LogP contribution in [0.4, 0.5) is 5.69 Å². The maximum absolute atomic E-state index is 12.0. The van der Waals surface area contributed by atoms with E-state index in [0.717, 1.165) is 0 Å². The summed E-state index contributed by atoms with van der Waals surface area (Å²) in [6, 6.07) is 3.16. The first-order chi connectivity index (χ1) is 11.0. The first-order valence-electron chi connectivity index (χ1n) is 6.71. The number of rotatable bonds is 7. The number of carbonyl (C=O) groups is 1. The van der Waals surface area contributed by atoms with Crippen molar-refractivity contribution in [2.45, 2.75) is 25.7 Å². The van der Waals surface area contributed by atoms with Crippen molar-refractivity contribution in [1.29, 1.82) is 0 Å². The lowest BCUT2D eigenvalue weighted by Gasteiger charge is -2.14. The van der Waals surface area contributed by atoms with Crippen molar-refractivity contribution >= 4 is 46.6 Å². The van der Waals surface area contributed by atoms with Crippen LogP contribution in [0.3, 0.4) is 0 Å². The van der Waals surface area contributed by atoms with E-state index in [9.17, 15) is 4.79 Å². The van der Waals surface area contributed by atoms with Crippen molar-refractivity contribution < 1.29 is 9.53 Å². The molecule has 1 heterocycles. The summed E-state index contributed by atoms with van der Waals surface area (Å²) in [6.45, 7) is 3.77. The van der Waals surface area contributed by atoms with Crippen LogP contribution in [0.1, 0.15) is 19.7 Å². The van der Waals surface area contributed by atoms with Crippen LogP contribution in [0.15, 0.2) is 12.1 Å². The third-order valence-corrected chi connectivity index (χ3v) is 4.05. The fourth-order valence-corrected chi connectivity index (χ4v) is 2.77. The minimum absolute atomic E-state index is 0.0391. The molecule has 1 aromatic heterocycles. The molecule has 7 nitrogen and oxygen atoms in total. The Balaban J connectivity index is 1.94. The van der Waals surface area contributed by atoms with E-state index in [2.05, 4.69) is 25.9 Å². The Hall–Kier alpha value is -1.51. The molecule has 0 aliphatic heterocycles. The molecular formula is C13H15Cl2N5O2S. The average Bonchev–Trinajstić information content (AvgIpc) is 2.97. The van der Waals surface area contributed by atoms with E-state index in [1.54, 1.807) is 12.1 Å². The number of nitrogens with zero attached hydrogens (tertiary/aromatic N) is 3. The monoisotopic (exact) mass is 375 g/mol. The van der Waals surface area contributed by atoms with Gasteiger partial charge in [-0.2, -0.15) is 5.21 Å². The largest absolute Gasteiger partial charge is 0.489 e. The van der Waals surface area contributed by atoms with E-state index in [1.165, 1.54) is 11.8 Å². The van der Waals surface area contributed by atoms with Gasteiger partial charge in [-0.15, -0.1) is 22.0 Å². The van der Waals surface area contributed by atoms with Crippen LogP contribution in [0.25, 0.3) is 0 Å². The summed E-state index contributed by atoms with van der Waals surface area (Å²) in [5.74, 6) is 1.53. The van der Waals surface area contributed by atoms with E-state index in [-0.39, 0.29) is 17.8 Å². The number of carbonyl (C=O) groups excluding carboxylic acids is 1. The van der Waals surface area contributed by atoms with Crippen molar-refractivity contribution in [3.8, 4) is 5.75 Å². The molecule has 0 fully saturated rings. The highest BCUT2D eigenvalue weighted by molar-refractivity contribution is 7.99. The van der Waals surface area contributed by atoms with Gasteiger partial charge in [0.15, 0.2) is 5.82 Å². The van der Waals surface area contributed by atoms with Crippen molar-refractivity contribution in [1.82, 2.24) is 20.6 Å². The molecule has 0 saturated carbocycles. The number of aromatic amines is 1. The second-order valence-corrected chi connectivity index (χ2v) is 6.60. The van der Waals surface area contributed by atoms with Crippen LogP contribution in [0.2, 0.25) is 10.0 Å². The zero-order valence-electron chi connectivity index (χ0n) is 12.5. The Kier molecular flexibility index (Phi) is 6.49. The smallest absolute Gasteiger partial charge is 0.234 e. The van der Waals surface area contributed by atoms with E-state index in [0.29, 0.717) is 33.1 Å². The molecule has 0 unspecified atom stereocenters. The molecule has 1 amide bonds. The lowest BCUT2D eigenvalue weighted by molar-refractivity contribution is -0.113. The normalized spacial score (nSPS) is 10.8. The van der Waals surface area contributed by atoms with Gasteiger partial charge in [-0.1, -0.05) is 28.4 Å². The topological polar surface area (TPSA) is 92.8 Å². The number of aromatic nitrogens is 4. The molecular weight excluding hydrogens is 361 g/mol. The minimum atomic E-state index is -0.196. The quantitative estimate of drug-likeness (QED) is 0.771. The molecule has 0 atom stereocenters. The van der Waals surface area contributed by atoms with Crippen LogP contribution in [0.5, 0.6) is 5.75 Å². The summed E-state index contributed by atoms with van der Waals surface area (Å²) in [5, 5.41) is 16.9. The van der Waals surface area contributed by atoms with Crippen LogP contribution < -0.4 is 10.1 Å². The summed E-state index contributed by atoms with van der Waals surface area (Å²) in [4.78, 5) is 12.0. The molecule has 0 aliphatic carbocycles. The third kappa shape index (κ3) is 5.56. The predicted molar refractivity (Wildman–Crippen MR) is 91.2 cm³/mol. The van der Waals surface area contributed by atoms with Crippen molar-refractivity contribution in [3.05, 3.63) is 28.0 Å². The molecule has 1 aromatic carbocycles. The molecule has 124 valence electrons. The van der Waals surface area contributed by atoms with Gasteiger partial charge in [-0.25, -0.2) is 0 Å². The van der Waals surface area contributed by atoms with Gasteiger partial charge in [-0.05, 0) is 19.9 Å². The second-order valence-electron chi connectivity index (χ2n) is 4.80. The number of thioether (sulfide) groups is 1. The van der Waals surface area contributed by atoms with E-state index < -0.39 is 0 Å². The van der Waals surface area contributed by atoms with Gasteiger partial charge in [0.1, 0.15) is 5.75 Å². The van der Waals surface area contributed by atoms with Gasteiger partial charge >= 0.3 is 0 Å². The molecule has 0 radical (unpaired) electrons. The molecule has 2 N–H and O–H groups in total. The minimum Gasteiger partial charge on any atom is -0.489 e. The maximum atomic E-state index is 12.0. The number of hydrogen-bond acceptors (Lipinski definition) is 6. The molecule has 0 spiro atoms. The van der Waals surface area contributed by atoms with Crippen LogP contribution in [-0.2, 0) is 10.5 Å². The molecule has 2 aromatic rings. The van der Waals surface area contributed by atoms with E-state index >= 15 is 0 Å². The van der Waals surface area contributed by atoms with Gasteiger partial charge in [0.2, 0.25) is 5.91 Å². The Morgan fingerprint density at radius 3 is 2.83 bits per heavy atom. The summed E-state index contributed by atoms with van der Waals surface area (Å²) in [7, 11) is 0. The van der Waals surface area contributed by atoms with Crippen molar-refractivity contribution in [3.63, 3.8) is 0 Å². The van der Waals surface area contributed by atoms with Crippen molar-refractivity contribution in [2.24, 2.45) is 0 Å². The first-order valence-corrected chi connectivity index (χ1v) is 8.62. The summed E-state index contributed by atoms with van der Waals surface area (Å²) in [6.07, 6.45) is -0.0391. The number of benzene rings is 1. The molecule has 0 saturated heterocycles. The summed E-state index contributed by atoms with van der Waals surface area (Å²) >= 11 is 13.5. The van der Waals surface area contributed by atoms with Crippen LogP contribution in [0, 0.1) is 0 Å². The lowest BCUT2D eigenvalue weighted by atomic mass is 10.3. The number of hydrogen-bond donors (Lipinski definition) is 2. The highest BCUT2D eigenvalue weighted by Gasteiger charge is 2.12. The Morgan fingerprint density at radius 2 is 2.17 bits per heavy atom. The number of nitrogens with one attached hydrogen (secondary N) is 2. The van der Waals surface area contributed by atoms with Gasteiger partial charge < -0.3 is 10.1 Å². The Labute approximate surface area is 147 Å². The fraction of sp³-hybridized carbons (Fsp3) is 0.385. The average molecular weight is 376 g/mol. The van der Waals surface area contributed by atoms with E-state index in [1.807, 2.05) is 13.8 Å². The molecule has 0 aliphatic rings. The number of halogens is 2. The zero-order valence-corrected chi connectivity index (χ0v) is 14.8. The number of H-pyrrole nitrogens is 1. The number of amides is 1. The Morgan fingerprint density at radius 1 is 1.39 bits per heavy atom. The molecule has 0 bridgehead atoms. The van der Waals surface area contributed by atoms with Crippen LogP contribution >= 0.6 is 35.0 Å². The van der Waals surface area contributed by atoms with E-state index in [4.69, 9.17) is 27.9 Å². The third-order valence-electron chi connectivity index (χ3n) is 2.51. The number of tetrazole rings is 1. The lowest BCUT2D eigenvalue weighted by Crippen LogP contribution is -2.15. The Bertz CT molecular complexity index is 667. The molecule has 2 rings (SSSR count). The summed E-state index contributed by atoms with van der Waals surface area (Å²) in [5.41, 5.74) is 0.455. The maximum Gasteiger partial charge on any atom is 0.234 e. The van der Waals surface area contributed by atoms with Gasteiger partial charge in [0, 0.05) is 6.07 Å². The first kappa shape index (κ1) is 17.8. The fourth-order valence-electron chi connectivity index (χ4n) is 1.63. The summed E-state index contributed by atoms with van der Waals surface area (Å²) < 4.78 is 5.58. The van der Waals surface area contributed by atoms with Crippen molar-refractivity contribution in [2.75, 3.05) is 11.1 Å². The predicted octanol–water partition coefficient (Wildman–Crippen LogP) is 3.17. The highest BCUT2D eigenvalue weighted by Crippen LogP contribution is 2.34. The van der Waals surface area contributed by atoms with Gasteiger partial charge in [0.05, 0.1) is 33.3 Å². The number of ether oxygens (including phenoxy) is 1. The zero-order chi connectivity index (χ0) is 16.8. The molecule has 23 heavy (non-hydrogen) atoms. The highest BCUT2D eigenvalue weighted by atomic mass is 35.5. The number of anilines is 1. The second kappa shape index (κ2) is 8.37. The SMILES string of the molecule is CC(C)Oc1cc(NC(=O)CSCc2nn[nH]n2)c(Cl)cc1Cl. The van der Waals surface area contributed by atoms with Crippen LogP contribution in [-0.4, -0.2) is 38.4 Å². The molecule has 10 heteroatoms. The standard InChI is InChI=1S/C13H15Cl2N5O2S/c1-7(2)22-11-4-10(8(14)3-9(11)15)16-13(21)6-23-5-12-17-19-20-18-12/h3-4,7H,5-6H2,1-2H3,(H,16,21)(H,17,18,19,20). The van der Waals surface area contributed by atoms with Gasteiger partial charge in [-0.3, -0.25) is 4.79 Å². The van der Waals surface area contributed by atoms with Gasteiger partial charge in [0.25, 0.3) is 0 Å².